The smallest absolute Gasteiger partial charge is 0.105 e. The number of ether oxygens (including phenoxy) is 1. The van der Waals surface area contributed by atoms with Crippen LogP contribution in [-0.2, 0) is 9.30 Å². The van der Waals surface area contributed by atoms with Gasteiger partial charge in [0.25, 0.3) is 0 Å². The van der Waals surface area contributed by atoms with Gasteiger partial charge in [0.2, 0.25) is 0 Å². The number of hydrogen-bond donors (Lipinski definition) is 0. The van der Waals surface area contributed by atoms with Crippen LogP contribution in [0.1, 0.15) is 25.7 Å². The summed E-state index contributed by atoms with van der Waals surface area (Å²) in [5, 5.41) is 0. The Morgan fingerprint density at radius 2 is 1.67 bits per heavy atom. The molecule has 0 spiro atoms. The molecular formula is C9H15O2P. The second kappa shape index (κ2) is 1.83. The van der Waals surface area contributed by atoms with Crippen molar-refractivity contribution in [2.45, 2.75) is 36.9 Å². The topological polar surface area (TPSA) is 29.6 Å². The van der Waals surface area contributed by atoms with Gasteiger partial charge >= 0.3 is 0 Å². The summed E-state index contributed by atoms with van der Waals surface area (Å²) in [7, 11) is -1.80. The Bertz CT molecular complexity index is 256. The first-order valence-electron chi connectivity index (χ1n) is 4.83. The molecule has 2 saturated heterocycles. The van der Waals surface area contributed by atoms with E-state index < -0.39 is 7.14 Å². The Hall–Kier alpha value is 0.190. The van der Waals surface area contributed by atoms with Crippen molar-refractivity contribution in [3.8, 4) is 0 Å². The monoisotopic (exact) mass is 186 g/mol. The number of hydrogen-bond acceptors (Lipinski definition) is 2. The molecule has 0 aromatic carbocycles. The second-order valence-corrected chi connectivity index (χ2v) is 8.14. The molecule has 0 bridgehead atoms. The van der Waals surface area contributed by atoms with Gasteiger partial charge in [0.05, 0.1) is 7.14 Å². The lowest BCUT2D eigenvalue weighted by atomic mass is 9.82. The minimum Gasteiger partial charge on any atom is -0.362 e. The van der Waals surface area contributed by atoms with Gasteiger partial charge in [0.1, 0.15) is 11.2 Å². The first-order valence-corrected chi connectivity index (χ1v) is 7.36. The van der Waals surface area contributed by atoms with E-state index in [1.54, 1.807) is 0 Å². The zero-order valence-electron chi connectivity index (χ0n) is 7.51. The van der Waals surface area contributed by atoms with Gasteiger partial charge in [-0.25, -0.2) is 0 Å². The van der Waals surface area contributed by atoms with Gasteiger partial charge in [-0.05, 0) is 19.5 Å². The second-order valence-electron chi connectivity index (χ2n) is 4.91. The van der Waals surface area contributed by atoms with Crippen molar-refractivity contribution in [1.29, 1.82) is 0 Å². The van der Waals surface area contributed by atoms with Crippen molar-refractivity contribution in [3.63, 3.8) is 0 Å². The van der Waals surface area contributed by atoms with Crippen LogP contribution in [0, 0.1) is 0 Å². The Morgan fingerprint density at radius 1 is 1.17 bits per heavy atom. The van der Waals surface area contributed by atoms with Gasteiger partial charge in [-0.15, -0.1) is 0 Å². The highest BCUT2D eigenvalue weighted by Crippen LogP contribution is 2.73. The first kappa shape index (κ1) is 7.58. The van der Waals surface area contributed by atoms with E-state index in [2.05, 4.69) is 0 Å². The van der Waals surface area contributed by atoms with Crippen LogP contribution in [0.25, 0.3) is 0 Å². The molecule has 0 N–H and O–H groups in total. The zero-order valence-corrected chi connectivity index (χ0v) is 8.40. The van der Waals surface area contributed by atoms with Gasteiger partial charge in [0, 0.05) is 12.3 Å². The molecule has 0 radical (unpaired) electrons. The highest BCUT2D eigenvalue weighted by molar-refractivity contribution is 7.63. The van der Waals surface area contributed by atoms with E-state index in [0.29, 0.717) is 0 Å². The molecule has 2 nitrogen and oxygen atoms in total. The average molecular weight is 186 g/mol. The van der Waals surface area contributed by atoms with E-state index >= 15 is 0 Å². The van der Waals surface area contributed by atoms with Crippen LogP contribution in [-0.4, -0.2) is 30.2 Å². The van der Waals surface area contributed by atoms with Gasteiger partial charge < -0.3 is 9.30 Å². The van der Waals surface area contributed by atoms with E-state index in [4.69, 9.17) is 4.74 Å². The van der Waals surface area contributed by atoms with Crippen LogP contribution in [0.15, 0.2) is 0 Å². The Labute approximate surface area is 73.0 Å². The summed E-state index contributed by atoms with van der Waals surface area (Å²) in [4.78, 5) is 0. The molecule has 2 atom stereocenters. The maximum Gasteiger partial charge on any atom is 0.105 e. The molecule has 3 heteroatoms. The van der Waals surface area contributed by atoms with E-state index in [-0.39, 0.29) is 11.2 Å². The van der Waals surface area contributed by atoms with Crippen molar-refractivity contribution < 1.29 is 9.30 Å². The highest BCUT2D eigenvalue weighted by atomic mass is 31.2. The third-order valence-corrected chi connectivity index (χ3v) is 6.13. The summed E-state index contributed by atoms with van der Waals surface area (Å²) < 4.78 is 17.8. The standard InChI is InChI=1S/C9H15O2P/c1-12(10)6-8-4-2-3-5-9(8,7-12)11-8/h2-7H2,1H3/t8-,9-/m1/s1. The van der Waals surface area contributed by atoms with Crippen LogP contribution in [0.3, 0.4) is 0 Å². The lowest BCUT2D eigenvalue weighted by Gasteiger charge is -2.16. The SMILES string of the molecule is CP1(=O)C[C@]23CCCC[C@]2(C1)O3. The predicted molar refractivity (Wildman–Crippen MR) is 48.3 cm³/mol. The van der Waals surface area contributed by atoms with Crippen molar-refractivity contribution in [2.75, 3.05) is 19.0 Å². The van der Waals surface area contributed by atoms with Gasteiger partial charge in [0.15, 0.2) is 0 Å². The fourth-order valence-corrected chi connectivity index (χ4v) is 6.67. The number of rotatable bonds is 0. The van der Waals surface area contributed by atoms with E-state index in [1.165, 1.54) is 25.7 Å². The molecule has 3 rings (SSSR count). The molecule has 2 aliphatic heterocycles. The number of epoxide rings is 1. The minimum atomic E-state index is -1.80. The summed E-state index contributed by atoms with van der Waals surface area (Å²) in [5.74, 6) is 0. The van der Waals surface area contributed by atoms with Crippen LogP contribution >= 0.6 is 7.14 Å². The molecule has 0 amide bonds. The fraction of sp³-hybridized carbons (Fsp3) is 1.00. The van der Waals surface area contributed by atoms with Crippen LogP contribution in [0.4, 0.5) is 0 Å². The lowest BCUT2D eigenvalue weighted by Crippen LogP contribution is -2.27. The molecule has 1 aliphatic carbocycles. The largest absolute Gasteiger partial charge is 0.362 e. The molecule has 2 heterocycles. The van der Waals surface area contributed by atoms with Gasteiger partial charge in [-0.2, -0.15) is 0 Å². The summed E-state index contributed by atoms with van der Waals surface area (Å²) in [6.45, 7) is 1.96. The minimum absolute atomic E-state index is 0.107. The molecule has 0 aromatic heterocycles. The summed E-state index contributed by atoms with van der Waals surface area (Å²) in [6.07, 6.45) is 6.65. The van der Waals surface area contributed by atoms with Crippen molar-refractivity contribution in [2.24, 2.45) is 0 Å². The molecule has 12 heavy (non-hydrogen) atoms. The third kappa shape index (κ3) is 0.736. The Morgan fingerprint density at radius 3 is 2.17 bits per heavy atom. The van der Waals surface area contributed by atoms with Crippen LogP contribution < -0.4 is 0 Å². The quantitative estimate of drug-likeness (QED) is 0.428. The predicted octanol–water partition coefficient (Wildman–Crippen LogP) is 2.07. The molecule has 0 aromatic rings. The third-order valence-electron chi connectivity index (χ3n) is 3.77. The van der Waals surface area contributed by atoms with Gasteiger partial charge in [-0.1, -0.05) is 12.8 Å². The van der Waals surface area contributed by atoms with Crippen LogP contribution in [0.2, 0.25) is 0 Å². The molecule has 0 unspecified atom stereocenters. The Kier molecular flexibility index (Phi) is 1.16. The highest BCUT2D eigenvalue weighted by Gasteiger charge is 2.76. The van der Waals surface area contributed by atoms with Crippen molar-refractivity contribution >= 4 is 7.14 Å². The van der Waals surface area contributed by atoms with Crippen molar-refractivity contribution in [3.05, 3.63) is 0 Å². The van der Waals surface area contributed by atoms with Gasteiger partial charge in [-0.3, -0.25) is 0 Å². The molecule has 3 aliphatic rings. The summed E-state index contributed by atoms with van der Waals surface area (Å²) in [5.41, 5.74) is 0.213. The summed E-state index contributed by atoms with van der Waals surface area (Å²) >= 11 is 0. The normalized spacial score (nSPS) is 54.4. The molecule has 1 saturated carbocycles. The van der Waals surface area contributed by atoms with E-state index in [0.717, 1.165) is 12.3 Å². The van der Waals surface area contributed by atoms with Crippen LogP contribution in [0.5, 0.6) is 0 Å². The maximum atomic E-state index is 11.9. The Balaban J connectivity index is 1.98. The summed E-state index contributed by atoms with van der Waals surface area (Å²) in [6, 6.07) is 0. The fourth-order valence-electron chi connectivity index (χ4n) is 3.37. The maximum absolute atomic E-state index is 11.9. The zero-order chi connectivity index (χ0) is 8.45. The van der Waals surface area contributed by atoms with E-state index in [9.17, 15) is 4.57 Å². The molecule has 3 fully saturated rings. The molecular weight excluding hydrogens is 171 g/mol. The van der Waals surface area contributed by atoms with E-state index in [1.807, 2.05) is 6.66 Å². The average Bonchev–Trinajstić information content (AvgIpc) is 2.45. The lowest BCUT2D eigenvalue weighted by molar-refractivity contribution is 0.273. The molecule has 68 valence electrons. The van der Waals surface area contributed by atoms with Crippen molar-refractivity contribution in [1.82, 2.24) is 0 Å². The first-order chi connectivity index (χ1) is 5.58.